The highest BCUT2D eigenvalue weighted by Gasteiger charge is 2.42. The summed E-state index contributed by atoms with van der Waals surface area (Å²) in [6.45, 7) is 0.386. The number of hydrogen-bond donors (Lipinski definition) is 0. The number of carbonyl (C=O) groups excluding carboxylic acids is 1. The monoisotopic (exact) mass is 423 g/mol. The lowest BCUT2D eigenvalue weighted by Gasteiger charge is -2.25. The van der Waals surface area contributed by atoms with Gasteiger partial charge >= 0.3 is 5.97 Å². The molecule has 0 aliphatic carbocycles. The number of benzene rings is 3. The van der Waals surface area contributed by atoms with Gasteiger partial charge in [0.1, 0.15) is 18.4 Å². The molecule has 6 nitrogen and oxygen atoms in total. The Hall–Kier alpha value is -3.32. The van der Waals surface area contributed by atoms with E-state index in [0.717, 1.165) is 15.4 Å². The first-order valence-electron chi connectivity index (χ1n) is 9.47. The number of hydrogen-bond acceptors (Lipinski definition) is 5. The Morgan fingerprint density at radius 2 is 1.63 bits per heavy atom. The predicted octanol–water partition coefficient (Wildman–Crippen LogP) is 3.56. The minimum absolute atomic E-state index is 0.0835. The third-order valence-corrected chi connectivity index (χ3v) is 6.86. The van der Waals surface area contributed by atoms with Crippen LogP contribution in [-0.4, -0.2) is 27.5 Å². The third kappa shape index (κ3) is 3.76. The normalized spacial score (nSPS) is 15.5. The Balaban J connectivity index is 1.60. The molecule has 0 spiro atoms. The molecule has 0 aromatic heterocycles. The number of rotatable bonds is 6. The Morgan fingerprint density at radius 1 is 0.967 bits per heavy atom. The topological polar surface area (TPSA) is 72.9 Å². The summed E-state index contributed by atoms with van der Waals surface area (Å²) < 4.78 is 38.5. The maximum atomic E-state index is 13.4. The van der Waals surface area contributed by atoms with E-state index in [1.54, 1.807) is 24.3 Å². The molecule has 0 fully saturated rings. The zero-order valence-electron chi connectivity index (χ0n) is 16.4. The van der Waals surface area contributed by atoms with E-state index < -0.39 is 22.0 Å². The maximum Gasteiger partial charge on any atom is 0.330 e. The molecule has 1 aliphatic rings. The predicted molar refractivity (Wildman–Crippen MR) is 113 cm³/mol. The molecule has 30 heavy (non-hydrogen) atoms. The molecule has 1 aliphatic heterocycles. The van der Waals surface area contributed by atoms with Crippen LogP contribution in [0.25, 0.3) is 0 Å². The first-order valence-corrected chi connectivity index (χ1v) is 10.9. The Bertz CT molecular complexity index is 1140. The fourth-order valence-electron chi connectivity index (χ4n) is 3.53. The van der Waals surface area contributed by atoms with Crippen molar-refractivity contribution in [2.45, 2.75) is 24.0 Å². The first-order chi connectivity index (χ1) is 14.5. The van der Waals surface area contributed by atoms with Gasteiger partial charge in [0.15, 0.2) is 0 Å². The minimum Gasteiger partial charge on any atom is -0.489 e. The molecule has 0 amide bonds. The van der Waals surface area contributed by atoms with Crippen molar-refractivity contribution < 1.29 is 22.7 Å². The van der Waals surface area contributed by atoms with Gasteiger partial charge in [0.05, 0.1) is 17.7 Å². The van der Waals surface area contributed by atoms with Gasteiger partial charge in [0.2, 0.25) is 0 Å². The van der Waals surface area contributed by atoms with E-state index in [1.165, 1.54) is 19.2 Å². The Labute approximate surface area is 175 Å². The van der Waals surface area contributed by atoms with Crippen LogP contribution < -0.4 is 9.04 Å². The van der Waals surface area contributed by atoms with Crippen LogP contribution in [0.15, 0.2) is 83.8 Å². The minimum atomic E-state index is -3.96. The van der Waals surface area contributed by atoms with Crippen LogP contribution in [0.5, 0.6) is 5.75 Å². The highest BCUT2D eigenvalue weighted by molar-refractivity contribution is 7.93. The molecule has 7 heteroatoms. The number of fused-ring (bicyclic) bond motifs is 1. The smallest absolute Gasteiger partial charge is 0.330 e. The van der Waals surface area contributed by atoms with Crippen molar-refractivity contribution in [2.75, 3.05) is 11.4 Å². The zero-order valence-corrected chi connectivity index (χ0v) is 17.2. The van der Waals surface area contributed by atoms with E-state index >= 15 is 0 Å². The highest BCUT2D eigenvalue weighted by Crippen LogP contribution is 2.37. The van der Waals surface area contributed by atoms with E-state index in [-0.39, 0.29) is 11.3 Å². The van der Waals surface area contributed by atoms with Crippen molar-refractivity contribution in [3.05, 3.63) is 90.0 Å². The summed E-state index contributed by atoms with van der Waals surface area (Å²) in [5.74, 6) is -0.0262. The van der Waals surface area contributed by atoms with Crippen LogP contribution in [0.4, 0.5) is 5.69 Å². The summed E-state index contributed by atoms with van der Waals surface area (Å²) in [4.78, 5) is 12.4. The molecular formula is C23H21NO5S. The van der Waals surface area contributed by atoms with Crippen molar-refractivity contribution in [2.24, 2.45) is 0 Å². The van der Waals surface area contributed by atoms with Crippen molar-refractivity contribution in [1.29, 1.82) is 0 Å². The third-order valence-electron chi connectivity index (χ3n) is 5.03. The molecule has 0 radical (unpaired) electrons. The van der Waals surface area contributed by atoms with Crippen LogP contribution >= 0.6 is 0 Å². The fourth-order valence-corrected chi connectivity index (χ4v) is 5.17. The van der Waals surface area contributed by atoms with Gasteiger partial charge in [-0.1, -0.05) is 48.5 Å². The molecule has 0 saturated heterocycles. The largest absolute Gasteiger partial charge is 0.489 e. The second-order valence-electron chi connectivity index (χ2n) is 6.92. The number of esters is 1. The lowest BCUT2D eigenvalue weighted by atomic mass is 10.1. The standard InChI is InChI=1S/C23H21NO5S/c1-28-23(25)22-15-18-9-5-6-10-21(18)24(22)30(26,27)20-13-11-19(12-14-20)29-16-17-7-3-2-4-8-17/h2-14,22H,15-16H2,1H3. The second-order valence-corrected chi connectivity index (χ2v) is 8.73. The molecular weight excluding hydrogens is 402 g/mol. The second kappa shape index (κ2) is 8.20. The van der Waals surface area contributed by atoms with Crippen LogP contribution in [0, 0.1) is 0 Å². The van der Waals surface area contributed by atoms with E-state index in [4.69, 9.17) is 9.47 Å². The lowest BCUT2D eigenvalue weighted by molar-refractivity contribution is -0.141. The summed E-state index contributed by atoms with van der Waals surface area (Å²) in [5.41, 5.74) is 2.31. The molecule has 1 unspecified atom stereocenters. The summed E-state index contributed by atoms with van der Waals surface area (Å²) in [6, 6.07) is 22.1. The van der Waals surface area contributed by atoms with Crippen molar-refractivity contribution in [1.82, 2.24) is 0 Å². The molecule has 1 heterocycles. The number of ether oxygens (including phenoxy) is 2. The van der Waals surface area contributed by atoms with Gasteiger partial charge in [-0.15, -0.1) is 0 Å². The average molecular weight is 423 g/mol. The molecule has 3 aromatic carbocycles. The Kier molecular flexibility index (Phi) is 5.46. The highest BCUT2D eigenvalue weighted by atomic mass is 32.2. The van der Waals surface area contributed by atoms with Crippen LogP contribution in [0.3, 0.4) is 0 Å². The van der Waals surface area contributed by atoms with Crippen molar-refractivity contribution >= 4 is 21.7 Å². The van der Waals surface area contributed by atoms with Crippen LogP contribution in [0.2, 0.25) is 0 Å². The molecule has 154 valence electrons. The number of nitrogens with zero attached hydrogens (tertiary/aromatic N) is 1. The molecule has 0 bridgehead atoms. The van der Waals surface area contributed by atoms with Gasteiger partial charge in [-0.25, -0.2) is 13.2 Å². The van der Waals surface area contributed by atoms with Crippen molar-refractivity contribution in [3.63, 3.8) is 0 Å². The number of sulfonamides is 1. The lowest BCUT2D eigenvalue weighted by Crippen LogP contribution is -2.43. The van der Waals surface area contributed by atoms with Crippen LogP contribution in [0.1, 0.15) is 11.1 Å². The summed E-state index contributed by atoms with van der Waals surface area (Å²) in [7, 11) is -2.70. The maximum absolute atomic E-state index is 13.4. The average Bonchev–Trinajstić information content (AvgIpc) is 3.18. The zero-order chi connectivity index (χ0) is 21.1. The van der Waals surface area contributed by atoms with E-state index in [0.29, 0.717) is 18.0 Å². The van der Waals surface area contributed by atoms with Crippen molar-refractivity contribution in [3.8, 4) is 5.75 Å². The van der Waals surface area contributed by atoms with E-state index in [2.05, 4.69) is 0 Å². The van der Waals surface area contributed by atoms with Gasteiger partial charge in [-0.2, -0.15) is 0 Å². The summed E-state index contributed by atoms with van der Waals surface area (Å²) in [5, 5.41) is 0. The molecule has 0 saturated carbocycles. The SMILES string of the molecule is COC(=O)C1Cc2ccccc2N1S(=O)(=O)c1ccc(OCc2ccccc2)cc1. The quantitative estimate of drug-likeness (QED) is 0.567. The number of para-hydroxylation sites is 1. The molecule has 0 N–H and O–H groups in total. The Morgan fingerprint density at radius 3 is 2.33 bits per heavy atom. The fraction of sp³-hybridized carbons (Fsp3) is 0.174. The summed E-state index contributed by atoms with van der Waals surface area (Å²) in [6.07, 6.45) is 0.278. The summed E-state index contributed by atoms with van der Waals surface area (Å²) >= 11 is 0. The number of methoxy groups -OCH3 is 1. The molecule has 4 rings (SSSR count). The number of carbonyl (C=O) groups is 1. The van der Waals surface area contributed by atoms with Gasteiger partial charge < -0.3 is 9.47 Å². The van der Waals surface area contributed by atoms with Crippen LogP contribution in [-0.2, 0) is 32.6 Å². The molecule has 3 aromatic rings. The first kappa shape index (κ1) is 20.0. The molecule has 1 atom stereocenters. The van der Waals surface area contributed by atoms with Gasteiger partial charge in [-0.05, 0) is 41.5 Å². The van der Waals surface area contributed by atoms with Gasteiger partial charge in [0, 0.05) is 6.42 Å². The van der Waals surface area contributed by atoms with E-state index in [9.17, 15) is 13.2 Å². The number of anilines is 1. The van der Waals surface area contributed by atoms with Gasteiger partial charge in [-0.3, -0.25) is 4.31 Å². The van der Waals surface area contributed by atoms with E-state index in [1.807, 2.05) is 42.5 Å². The van der Waals surface area contributed by atoms with Gasteiger partial charge in [0.25, 0.3) is 10.0 Å².